The van der Waals surface area contributed by atoms with Gasteiger partial charge in [0.05, 0.1) is 5.52 Å². The number of benzene rings is 1. The lowest BCUT2D eigenvalue weighted by molar-refractivity contribution is 0.890. The van der Waals surface area contributed by atoms with Crippen LogP contribution in [0.4, 0.5) is 5.69 Å². The average Bonchev–Trinajstić information content (AvgIpc) is 3.10. The van der Waals surface area contributed by atoms with Gasteiger partial charge in [0.1, 0.15) is 0 Å². The van der Waals surface area contributed by atoms with Crippen molar-refractivity contribution in [1.29, 1.82) is 0 Å². The zero-order chi connectivity index (χ0) is 10.1. The molecule has 0 unspecified atom stereocenters. The summed E-state index contributed by atoms with van der Waals surface area (Å²) in [5.41, 5.74) is 2.28. The Morgan fingerprint density at radius 3 is 3.00 bits per heavy atom. The van der Waals surface area contributed by atoms with Crippen LogP contribution in [0.1, 0.15) is 12.8 Å². The van der Waals surface area contributed by atoms with Gasteiger partial charge in [0.15, 0.2) is 0 Å². The van der Waals surface area contributed by atoms with E-state index < -0.39 is 0 Å². The number of rotatable bonds is 3. The molecule has 3 rings (SSSR count). The quantitative estimate of drug-likeness (QED) is 0.819. The van der Waals surface area contributed by atoms with Gasteiger partial charge in [-0.05, 0) is 43.0 Å². The van der Waals surface area contributed by atoms with Crippen molar-refractivity contribution in [2.24, 2.45) is 5.92 Å². The second kappa shape index (κ2) is 3.54. The van der Waals surface area contributed by atoms with Crippen LogP contribution >= 0.6 is 0 Å². The van der Waals surface area contributed by atoms with E-state index in [1.807, 2.05) is 12.3 Å². The molecule has 0 atom stereocenters. The number of nitrogens with one attached hydrogen (secondary N) is 1. The second-order valence-corrected chi connectivity index (χ2v) is 4.20. The summed E-state index contributed by atoms with van der Waals surface area (Å²) in [6.07, 6.45) is 4.61. The normalized spacial score (nSPS) is 15.5. The number of hydrogen-bond donors (Lipinski definition) is 1. The van der Waals surface area contributed by atoms with Gasteiger partial charge in [-0.2, -0.15) is 0 Å². The first-order valence-corrected chi connectivity index (χ1v) is 5.51. The summed E-state index contributed by atoms with van der Waals surface area (Å²) in [6.45, 7) is 1.11. The molecule has 1 fully saturated rings. The molecule has 15 heavy (non-hydrogen) atoms. The number of fused-ring (bicyclic) bond motifs is 1. The fourth-order valence-corrected chi connectivity index (χ4v) is 1.83. The van der Waals surface area contributed by atoms with Crippen LogP contribution in [0.5, 0.6) is 0 Å². The highest BCUT2D eigenvalue weighted by atomic mass is 14.9. The molecule has 1 heterocycles. The van der Waals surface area contributed by atoms with Gasteiger partial charge in [-0.25, -0.2) is 0 Å². The van der Waals surface area contributed by atoms with Crippen molar-refractivity contribution in [3.8, 4) is 0 Å². The molecule has 0 spiro atoms. The maximum atomic E-state index is 4.34. The summed E-state index contributed by atoms with van der Waals surface area (Å²) in [5.74, 6) is 0.900. The van der Waals surface area contributed by atoms with Gasteiger partial charge in [0.25, 0.3) is 0 Å². The standard InChI is InChI=1S/C13H14N2/c1-4-12-11(3-2-8-14-12)13(5-1)15-9-10-6-7-10/h1-5,8,10,15H,6-7,9H2. The van der Waals surface area contributed by atoms with E-state index in [-0.39, 0.29) is 0 Å². The van der Waals surface area contributed by atoms with Gasteiger partial charge in [-0.1, -0.05) is 6.07 Å². The molecular weight excluding hydrogens is 184 g/mol. The Morgan fingerprint density at radius 1 is 1.20 bits per heavy atom. The number of aromatic nitrogens is 1. The fourth-order valence-electron chi connectivity index (χ4n) is 1.83. The SMILES string of the molecule is c1cc(NCC2CC2)c2cccnc2c1. The van der Waals surface area contributed by atoms with Crippen LogP contribution in [0.15, 0.2) is 36.5 Å². The maximum absolute atomic E-state index is 4.34. The van der Waals surface area contributed by atoms with Crippen molar-refractivity contribution in [3.63, 3.8) is 0 Å². The largest absolute Gasteiger partial charge is 0.384 e. The third-order valence-electron chi connectivity index (χ3n) is 2.92. The molecule has 2 nitrogen and oxygen atoms in total. The van der Waals surface area contributed by atoms with Gasteiger partial charge in [-0.15, -0.1) is 0 Å². The van der Waals surface area contributed by atoms with Gasteiger partial charge in [-0.3, -0.25) is 4.98 Å². The first kappa shape index (κ1) is 8.72. The Kier molecular flexibility index (Phi) is 2.05. The van der Waals surface area contributed by atoms with E-state index in [9.17, 15) is 0 Å². The summed E-state index contributed by atoms with van der Waals surface area (Å²) in [7, 11) is 0. The molecule has 1 saturated carbocycles. The minimum Gasteiger partial charge on any atom is -0.384 e. The molecule has 2 aromatic rings. The van der Waals surface area contributed by atoms with Crippen molar-refractivity contribution >= 4 is 16.6 Å². The van der Waals surface area contributed by atoms with E-state index in [0.717, 1.165) is 18.0 Å². The van der Waals surface area contributed by atoms with Crippen LogP contribution in [0.25, 0.3) is 10.9 Å². The Balaban J connectivity index is 1.93. The first-order chi connectivity index (χ1) is 7.43. The Bertz CT molecular complexity index is 469. The molecule has 0 amide bonds. The van der Waals surface area contributed by atoms with E-state index in [2.05, 4.69) is 34.6 Å². The van der Waals surface area contributed by atoms with Crippen LogP contribution in [-0.2, 0) is 0 Å². The van der Waals surface area contributed by atoms with E-state index in [1.54, 1.807) is 0 Å². The van der Waals surface area contributed by atoms with E-state index >= 15 is 0 Å². The predicted molar refractivity (Wildman–Crippen MR) is 63.0 cm³/mol. The zero-order valence-corrected chi connectivity index (χ0v) is 8.61. The summed E-state index contributed by atoms with van der Waals surface area (Å²) in [5, 5.41) is 4.73. The molecule has 0 bridgehead atoms. The molecule has 0 radical (unpaired) electrons. The molecular formula is C13H14N2. The second-order valence-electron chi connectivity index (χ2n) is 4.20. The highest BCUT2D eigenvalue weighted by molar-refractivity contribution is 5.91. The van der Waals surface area contributed by atoms with Crippen molar-refractivity contribution < 1.29 is 0 Å². The summed E-state index contributed by atoms with van der Waals surface area (Å²) >= 11 is 0. The number of pyridine rings is 1. The number of nitrogens with zero attached hydrogens (tertiary/aromatic N) is 1. The van der Waals surface area contributed by atoms with Crippen molar-refractivity contribution in [2.75, 3.05) is 11.9 Å². The highest BCUT2D eigenvalue weighted by Crippen LogP contribution is 2.30. The van der Waals surface area contributed by atoms with Crippen molar-refractivity contribution in [1.82, 2.24) is 4.98 Å². The molecule has 1 aromatic carbocycles. The first-order valence-electron chi connectivity index (χ1n) is 5.51. The molecule has 2 heteroatoms. The van der Waals surface area contributed by atoms with Gasteiger partial charge in [0, 0.05) is 23.8 Å². The predicted octanol–water partition coefficient (Wildman–Crippen LogP) is 3.06. The van der Waals surface area contributed by atoms with E-state index in [1.165, 1.54) is 23.9 Å². The third kappa shape index (κ3) is 1.80. The molecule has 0 saturated heterocycles. The van der Waals surface area contributed by atoms with Gasteiger partial charge >= 0.3 is 0 Å². The smallest absolute Gasteiger partial charge is 0.0722 e. The van der Waals surface area contributed by atoms with Crippen LogP contribution in [0.3, 0.4) is 0 Å². The maximum Gasteiger partial charge on any atom is 0.0722 e. The topological polar surface area (TPSA) is 24.9 Å². The Labute approximate surface area is 89.3 Å². The summed E-state index contributed by atoms with van der Waals surface area (Å²) in [6, 6.07) is 10.4. The molecule has 76 valence electrons. The molecule has 1 aliphatic carbocycles. The van der Waals surface area contributed by atoms with E-state index in [0.29, 0.717) is 0 Å². The number of anilines is 1. The minimum absolute atomic E-state index is 0.900. The Hall–Kier alpha value is -1.57. The minimum atomic E-state index is 0.900. The Morgan fingerprint density at radius 2 is 2.13 bits per heavy atom. The average molecular weight is 198 g/mol. The van der Waals surface area contributed by atoms with Crippen LogP contribution in [0.2, 0.25) is 0 Å². The summed E-state index contributed by atoms with van der Waals surface area (Å²) < 4.78 is 0. The lowest BCUT2D eigenvalue weighted by Crippen LogP contribution is -2.03. The van der Waals surface area contributed by atoms with Crippen molar-refractivity contribution in [2.45, 2.75) is 12.8 Å². The molecule has 1 aliphatic rings. The number of hydrogen-bond acceptors (Lipinski definition) is 2. The zero-order valence-electron chi connectivity index (χ0n) is 8.61. The lowest BCUT2D eigenvalue weighted by Gasteiger charge is -2.08. The van der Waals surface area contributed by atoms with Gasteiger partial charge in [0.2, 0.25) is 0 Å². The van der Waals surface area contributed by atoms with Crippen LogP contribution < -0.4 is 5.32 Å². The summed E-state index contributed by atoms with van der Waals surface area (Å²) in [4.78, 5) is 4.34. The van der Waals surface area contributed by atoms with E-state index in [4.69, 9.17) is 0 Å². The van der Waals surface area contributed by atoms with Crippen molar-refractivity contribution in [3.05, 3.63) is 36.5 Å². The molecule has 1 N–H and O–H groups in total. The monoisotopic (exact) mass is 198 g/mol. The van der Waals surface area contributed by atoms with Gasteiger partial charge < -0.3 is 5.32 Å². The fraction of sp³-hybridized carbons (Fsp3) is 0.308. The molecule has 0 aliphatic heterocycles. The third-order valence-corrected chi connectivity index (χ3v) is 2.92. The lowest BCUT2D eigenvalue weighted by atomic mass is 10.2. The van der Waals surface area contributed by atoms with Crippen LogP contribution in [-0.4, -0.2) is 11.5 Å². The molecule has 1 aromatic heterocycles. The van der Waals surface area contributed by atoms with Crippen LogP contribution in [0, 0.1) is 5.92 Å². The highest BCUT2D eigenvalue weighted by Gasteiger charge is 2.20.